The molecule has 0 aliphatic carbocycles. The molecule has 4 N–H and O–H groups in total. The average Bonchev–Trinajstić information content (AvgIpc) is 3.52. The topological polar surface area (TPSA) is 104 Å². The van der Waals surface area contributed by atoms with E-state index in [-0.39, 0.29) is 11.6 Å². The fourth-order valence-electron chi connectivity index (χ4n) is 6.04. The van der Waals surface area contributed by atoms with E-state index in [1.165, 1.54) is 0 Å². The lowest BCUT2D eigenvalue weighted by atomic mass is 9.98. The summed E-state index contributed by atoms with van der Waals surface area (Å²) in [7, 11) is 0. The molecule has 2 aliphatic rings. The third kappa shape index (κ3) is 6.72. The minimum atomic E-state index is -0.270. The van der Waals surface area contributed by atoms with Crippen LogP contribution in [0.4, 0.5) is 17.1 Å². The summed E-state index contributed by atoms with van der Waals surface area (Å²) in [5.74, 6) is 0. The summed E-state index contributed by atoms with van der Waals surface area (Å²) < 4.78 is 0. The zero-order valence-electron chi connectivity index (χ0n) is 26.7. The molecule has 0 bridgehead atoms. The molecule has 11 heteroatoms. The quantitative estimate of drug-likeness (QED) is 0.159. The number of likely N-dealkylation sites (tertiary alicyclic amines) is 1. The number of nitriles is 1. The van der Waals surface area contributed by atoms with Crippen molar-refractivity contribution in [3.8, 4) is 6.07 Å². The van der Waals surface area contributed by atoms with Crippen LogP contribution in [0.3, 0.4) is 0 Å². The van der Waals surface area contributed by atoms with Crippen LogP contribution in [0.5, 0.6) is 0 Å². The first-order valence-electron chi connectivity index (χ1n) is 15.5. The predicted molar refractivity (Wildman–Crippen MR) is 187 cm³/mol. The van der Waals surface area contributed by atoms with Crippen molar-refractivity contribution in [3.05, 3.63) is 99.2 Å². The average molecular weight is 657 g/mol. The summed E-state index contributed by atoms with van der Waals surface area (Å²) in [5, 5.41) is 21.1. The number of aryl methyl sites for hydroxylation is 2. The van der Waals surface area contributed by atoms with E-state index in [4.69, 9.17) is 23.2 Å². The number of hydrogen-bond acceptors (Lipinski definition) is 9. The lowest BCUT2D eigenvalue weighted by Gasteiger charge is -2.42. The molecule has 0 radical (unpaired) electrons. The van der Waals surface area contributed by atoms with Crippen LogP contribution >= 0.6 is 23.2 Å². The number of fused-ring (bicyclic) bond motifs is 1. The molecule has 238 valence electrons. The number of hydrogen-bond donors (Lipinski definition) is 4. The third-order valence-electron chi connectivity index (χ3n) is 8.79. The van der Waals surface area contributed by atoms with Gasteiger partial charge in [-0.3, -0.25) is 19.9 Å². The molecular formula is C35H39Cl2N9. The Morgan fingerprint density at radius 1 is 0.978 bits per heavy atom. The highest BCUT2D eigenvalue weighted by molar-refractivity contribution is 6.36. The first kappa shape index (κ1) is 31.9. The molecule has 2 aromatic heterocycles. The van der Waals surface area contributed by atoms with Crippen molar-refractivity contribution in [1.29, 1.82) is 5.26 Å². The molecule has 4 aromatic rings. The van der Waals surface area contributed by atoms with Crippen molar-refractivity contribution in [2.24, 2.45) is 0 Å². The number of aromatic nitrogens is 2. The monoisotopic (exact) mass is 655 g/mol. The van der Waals surface area contributed by atoms with Crippen molar-refractivity contribution in [2.75, 3.05) is 23.7 Å². The van der Waals surface area contributed by atoms with Gasteiger partial charge in [0.2, 0.25) is 0 Å². The van der Waals surface area contributed by atoms with Gasteiger partial charge in [-0.25, -0.2) is 0 Å². The number of piperidine rings is 1. The largest absolute Gasteiger partial charge is 0.373 e. The smallest absolute Gasteiger partial charge is 0.103 e. The fourth-order valence-corrected chi connectivity index (χ4v) is 6.49. The number of pyridine rings is 2. The van der Waals surface area contributed by atoms with Gasteiger partial charge in [-0.1, -0.05) is 35.3 Å². The van der Waals surface area contributed by atoms with Crippen LogP contribution < -0.4 is 21.6 Å². The first-order valence-corrected chi connectivity index (χ1v) is 16.3. The lowest BCUT2D eigenvalue weighted by Crippen LogP contribution is -2.52. The standard InChI is InChI=1S/C35H39Cl2N9/c1-21-6-9-25(15-29(21)36)41-32-24(17-38)19-40-34-28(32)14-26(16-30(34)37)42-33(23-8-7-22(2)39-18-23)31-20-46(44-43-31)27-10-12-45(13-11-27)35(3,4)5/h6-9,14-16,18-20,27,33,42-44H,10-13H2,1-5H3,(H,40,41)/t33-/m0/s1. The zero-order valence-corrected chi connectivity index (χ0v) is 28.3. The number of benzene rings is 2. The summed E-state index contributed by atoms with van der Waals surface area (Å²) >= 11 is 13.3. The summed E-state index contributed by atoms with van der Waals surface area (Å²) in [4.78, 5) is 11.7. The Hall–Kier alpha value is -4.07. The molecule has 1 atom stereocenters. The van der Waals surface area contributed by atoms with Gasteiger partial charge >= 0.3 is 0 Å². The zero-order chi connectivity index (χ0) is 32.6. The van der Waals surface area contributed by atoms with E-state index < -0.39 is 0 Å². The summed E-state index contributed by atoms with van der Waals surface area (Å²) in [6.45, 7) is 12.9. The molecule has 1 saturated heterocycles. The van der Waals surface area contributed by atoms with Crippen LogP contribution in [0, 0.1) is 25.2 Å². The van der Waals surface area contributed by atoms with E-state index in [9.17, 15) is 5.26 Å². The molecule has 0 amide bonds. The number of nitrogens with one attached hydrogen (secondary N) is 4. The summed E-state index contributed by atoms with van der Waals surface area (Å²) in [5.41, 5.74) is 14.0. The van der Waals surface area contributed by atoms with Gasteiger partial charge in [0, 0.05) is 70.7 Å². The van der Waals surface area contributed by atoms with E-state index in [0.29, 0.717) is 38.2 Å². The summed E-state index contributed by atoms with van der Waals surface area (Å²) in [6.07, 6.45) is 7.72. The van der Waals surface area contributed by atoms with Gasteiger partial charge in [-0.05, 0) is 88.9 Å². The molecule has 46 heavy (non-hydrogen) atoms. The first-order chi connectivity index (χ1) is 22.0. The maximum atomic E-state index is 10.00. The number of nitrogens with zero attached hydrogens (tertiary/aromatic N) is 5. The van der Waals surface area contributed by atoms with Gasteiger partial charge in [0.1, 0.15) is 6.07 Å². The number of rotatable bonds is 7. The van der Waals surface area contributed by atoms with Crippen LogP contribution in [0.2, 0.25) is 10.0 Å². The van der Waals surface area contributed by atoms with Crippen LogP contribution in [0.1, 0.15) is 62.0 Å². The minimum Gasteiger partial charge on any atom is -0.373 e. The molecule has 0 spiro atoms. The van der Waals surface area contributed by atoms with Crippen molar-refractivity contribution in [3.63, 3.8) is 0 Å². The molecule has 6 rings (SSSR count). The Morgan fingerprint density at radius 3 is 2.41 bits per heavy atom. The van der Waals surface area contributed by atoms with Gasteiger partial charge in [-0.2, -0.15) is 5.26 Å². The Balaban J connectivity index is 1.34. The number of hydrazine groups is 2. The molecule has 2 aliphatic heterocycles. The molecule has 9 nitrogen and oxygen atoms in total. The highest BCUT2D eigenvalue weighted by Crippen LogP contribution is 2.37. The lowest BCUT2D eigenvalue weighted by molar-refractivity contribution is 0.0570. The Kier molecular flexibility index (Phi) is 8.99. The minimum absolute atomic E-state index is 0.170. The predicted octanol–water partition coefficient (Wildman–Crippen LogP) is 7.75. The van der Waals surface area contributed by atoms with Crippen molar-refractivity contribution < 1.29 is 0 Å². The van der Waals surface area contributed by atoms with Gasteiger partial charge in [0.05, 0.1) is 33.5 Å². The van der Waals surface area contributed by atoms with Crippen LogP contribution in [-0.2, 0) is 0 Å². The van der Waals surface area contributed by atoms with Crippen molar-refractivity contribution in [2.45, 2.75) is 65.1 Å². The molecule has 4 heterocycles. The Labute approximate surface area is 280 Å². The number of anilines is 3. The Morgan fingerprint density at radius 2 is 1.74 bits per heavy atom. The molecule has 1 fully saturated rings. The van der Waals surface area contributed by atoms with Crippen molar-refractivity contribution >= 4 is 51.2 Å². The van der Waals surface area contributed by atoms with Crippen LogP contribution in [0.25, 0.3) is 10.9 Å². The summed E-state index contributed by atoms with van der Waals surface area (Å²) in [6, 6.07) is 16.0. The fraction of sp³-hybridized carbons (Fsp3) is 0.343. The normalized spacial score (nSPS) is 16.6. The highest BCUT2D eigenvalue weighted by Gasteiger charge is 2.32. The molecule has 0 unspecified atom stereocenters. The van der Waals surface area contributed by atoms with Gasteiger partial charge in [0.15, 0.2) is 0 Å². The second-order valence-electron chi connectivity index (χ2n) is 13.0. The van der Waals surface area contributed by atoms with E-state index in [2.05, 4.69) is 80.6 Å². The maximum absolute atomic E-state index is 10.00. The van der Waals surface area contributed by atoms with Crippen LogP contribution in [-0.4, -0.2) is 44.5 Å². The van der Waals surface area contributed by atoms with E-state index >= 15 is 0 Å². The van der Waals surface area contributed by atoms with E-state index in [0.717, 1.165) is 59.8 Å². The van der Waals surface area contributed by atoms with Crippen LogP contribution in [0.15, 0.2) is 66.8 Å². The van der Waals surface area contributed by atoms with Gasteiger partial charge in [-0.15, -0.1) is 5.53 Å². The molecule has 2 aromatic carbocycles. The Bertz CT molecular complexity index is 1820. The SMILES string of the molecule is Cc1ccc([C@H](Nc2cc(Cl)c3ncc(C#N)c(Nc4ccc(C)c(Cl)c4)c3c2)C2=CN(C3CCN(C(C)(C)C)CC3)NN2)cn1. The third-order valence-corrected chi connectivity index (χ3v) is 9.49. The second-order valence-corrected chi connectivity index (χ2v) is 13.8. The number of halogens is 2. The molecular weight excluding hydrogens is 617 g/mol. The van der Waals surface area contributed by atoms with E-state index in [1.54, 1.807) is 6.20 Å². The van der Waals surface area contributed by atoms with E-state index in [1.807, 2.05) is 56.4 Å². The molecule has 0 saturated carbocycles. The van der Waals surface area contributed by atoms with Gasteiger partial charge < -0.3 is 16.1 Å². The second kappa shape index (κ2) is 13.0. The van der Waals surface area contributed by atoms with Crippen molar-refractivity contribution in [1.82, 2.24) is 30.8 Å². The van der Waals surface area contributed by atoms with Gasteiger partial charge in [0.25, 0.3) is 0 Å². The maximum Gasteiger partial charge on any atom is 0.103 e. The highest BCUT2D eigenvalue weighted by atomic mass is 35.5.